The monoisotopic (exact) mass is 181 g/mol. The van der Waals surface area contributed by atoms with Gasteiger partial charge in [-0.15, -0.1) is 0 Å². The van der Waals surface area contributed by atoms with Gasteiger partial charge in [-0.25, -0.2) is 0 Å². The van der Waals surface area contributed by atoms with Crippen LogP contribution in [0.2, 0.25) is 0 Å². The molecular weight excluding hydrogens is 170 g/mol. The average Bonchev–Trinajstić information content (AvgIpc) is 2.20. The number of carbonyl (C=O) groups is 1. The number of ether oxygens (including phenoxy) is 1. The van der Waals surface area contributed by atoms with Crippen LogP contribution in [-0.4, -0.2) is 29.8 Å². The van der Waals surface area contributed by atoms with Gasteiger partial charge in [-0.3, -0.25) is 9.78 Å². The van der Waals surface area contributed by atoms with Gasteiger partial charge in [-0.2, -0.15) is 0 Å². The van der Waals surface area contributed by atoms with Crippen molar-refractivity contribution in [3.63, 3.8) is 0 Å². The molecule has 0 saturated carbocycles. The van der Waals surface area contributed by atoms with E-state index >= 15 is 0 Å². The van der Waals surface area contributed by atoms with E-state index < -0.39 is 11.9 Å². The van der Waals surface area contributed by atoms with Crippen LogP contribution < -0.4 is 0 Å². The molecule has 0 amide bonds. The highest BCUT2D eigenvalue weighted by atomic mass is 16.5. The van der Waals surface area contributed by atoms with Crippen LogP contribution in [0.15, 0.2) is 24.4 Å². The lowest BCUT2D eigenvalue weighted by atomic mass is 10.1. The van der Waals surface area contributed by atoms with Crippen LogP contribution in [0, 0.1) is 0 Å². The molecular formula is C9H11NO3. The summed E-state index contributed by atoms with van der Waals surface area (Å²) in [5.41, 5.74) is 0.525. The summed E-state index contributed by atoms with van der Waals surface area (Å²) in [7, 11) is 1.29. The maximum absolute atomic E-state index is 11.1. The van der Waals surface area contributed by atoms with E-state index in [4.69, 9.17) is 5.11 Å². The number of carbonyl (C=O) groups excluding carboxylic acids is 1. The second kappa shape index (κ2) is 4.57. The molecule has 0 radical (unpaired) electrons. The van der Waals surface area contributed by atoms with Crippen LogP contribution in [0.1, 0.15) is 11.6 Å². The van der Waals surface area contributed by atoms with Crippen LogP contribution in [0.3, 0.4) is 0 Å². The summed E-state index contributed by atoms with van der Waals surface area (Å²) >= 11 is 0. The van der Waals surface area contributed by atoms with Gasteiger partial charge in [0, 0.05) is 6.20 Å². The van der Waals surface area contributed by atoms with E-state index in [1.165, 1.54) is 7.11 Å². The van der Waals surface area contributed by atoms with Gasteiger partial charge in [-0.1, -0.05) is 6.07 Å². The van der Waals surface area contributed by atoms with E-state index in [0.29, 0.717) is 5.69 Å². The Kier molecular flexibility index (Phi) is 3.40. The topological polar surface area (TPSA) is 59.4 Å². The molecule has 1 heterocycles. The lowest BCUT2D eigenvalue weighted by molar-refractivity contribution is -0.143. The van der Waals surface area contributed by atoms with Crippen molar-refractivity contribution in [1.29, 1.82) is 0 Å². The lowest BCUT2D eigenvalue weighted by Gasteiger charge is -2.09. The fourth-order valence-corrected chi connectivity index (χ4v) is 1.01. The zero-order valence-corrected chi connectivity index (χ0v) is 7.30. The highest BCUT2D eigenvalue weighted by Crippen LogP contribution is 2.12. The average molecular weight is 181 g/mol. The van der Waals surface area contributed by atoms with Crippen molar-refractivity contribution < 1.29 is 14.6 Å². The molecule has 0 aromatic carbocycles. The van der Waals surface area contributed by atoms with Crippen molar-refractivity contribution in [3.05, 3.63) is 30.1 Å². The number of hydrogen-bond acceptors (Lipinski definition) is 4. The Morgan fingerprint density at radius 2 is 2.46 bits per heavy atom. The summed E-state index contributed by atoms with van der Waals surface area (Å²) in [5, 5.41) is 8.94. The Morgan fingerprint density at radius 3 is 2.92 bits per heavy atom. The Morgan fingerprint density at radius 1 is 1.69 bits per heavy atom. The van der Waals surface area contributed by atoms with Crippen molar-refractivity contribution >= 4 is 5.97 Å². The van der Waals surface area contributed by atoms with E-state index in [2.05, 4.69) is 9.72 Å². The summed E-state index contributed by atoms with van der Waals surface area (Å²) in [4.78, 5) is 15.1. The molecule has 1 rings (SSSR count). The first-order chi connectivity index (χ1) is 6.29. The molecule has 1 aromatic rings. The van der Waals surface area contributed by atoms with E-state index in [9.17, 15) is 4.79 Å². The van der Waals surface area contributed by atoms with Crippen LogP contribution in [0.25, 0.3) is 0 Å². The fraction of sp³-hybridized carbons (Fsp3) is 0.333. The number of aromatic nitrogens is 1. The third kappa shape index (κ3) is 2.26. The minimum atomic E-state index is -0.675. The number of hydrogen-bond donors (Lipinski definition) is 1. The standard InChI is InChI=1S/C9H11NO3/c1-13-9(12)7(6-11)8-4-2-3-5-10-8/h2-5,7,11H,6H2,1H3. The minimum Gasteiger partial charge on any atom is -0.468 e. The number of esters is 1. The number of methoxy groups -OCH3 is 1. The Bertz CT molecular complexity index is 273. The van der Waals surface area contributed by atoms with Gasteiger partial charge in [-0.05, 0) is 12.1 Å². The van der Waals surface area contributed by atoms with Gasteiger partial charge in [0.05, 0.1) is 19.4 Å². The maximum Gasteiger partial charge on any atom is 0.317 e. The van der Waals surface area contributed by atoms with Crippen LogP contribution in [0.5, 0.6) is 0 Å². The molecule has 1 aromatic heterocycles. The third-order valence-electron chi connectivity index (χ3n) is 1.71. The predicted molar refractivity (Wildman–Crippen MR) is 46.1 cm³/mol. The minimum absolute atomic E-state index is 0.288. The summed E-state index contributed by atoms with van der Waals surface area (Å²) in [6.07, 6.45) is 1.57. The number of rotatable bonds is 3. The SMILES string of the molecule is COC(=O)C(CO)c1ccccn1. The van der Waals surface area contributed by atoms with Gasteiger partial charge in [0.2, 0.25) is 0 Å². The van der Waals surface area contributed by atoms with E-state index in [1.807, 2.05) is 0 Å². The zero-order chi connectivity index (χ0) is 9.68. The fourth-order valence-electron chi connectivity index (χ4n) is 1.01. The van der Waals surface area contributed by atoms with Crippen molar-refractivity contribution in [2.75, 3.05) is 13.7 Å². The van der Waals surface area contributed by atoms with Gasteiger partial charge in [0.15, 0.2) is 0 Å². The highest BCUT2D eigenvalue weighted by Gasteiger charge is 2.20. The van der Waals surface area contributed by atoms with Crippen molar-refractivity contribution in [2.24, 2.45) is 0 Å². The summed E-state index contributed by atoms with van der Waals surface area (Å²) < 4.78 is 4.52. The predicted octanol–water partition coefficient (Wildman–Crippen LogP) is 0.330. The Hall–Kier alpha value is -1.42. The molecule has 1 N–H and O–H groups in total. The Balaban J connectivity index is 2.85. The molecule has 0 spiro atoms. The second-order valence-corrected chi connectivity index (χ2v) is 2.51. The van der Waals surface area contributed by atoms with E-state index in [0.717, 1.165) is 0 Å². The largest absolute Gasteiger partial charge is 0.468 e. The van der Waals surface area contributed by atoms with Crippen LogP contribution >= 0.6 is 0 Å². The highest BCUT2D eigenvalue weighted by molar-refractivity contribution is 5.77. The second-order valence-electron chi connectivity index (χ2n) is 2.51. The van der Waals surface area contributed by atoms with Crippen molar-refractivity contribution in [2.45, 2.75) is 5.92 Å². The molecule has 13 heavy (non-hydrogen) atoms. The molecule has 0 aliphatic rings. The lowest BCUT2D eigenvalue weighted by Crippen LogP contribution is -2.18. The molecule has 1 atom stereocenters. The quantitative estimate of drug-likeness (QED) is 0.683. The first-order valence-electron chi connectivity index (χ1n) is 3.89. The summed E-state index contributed by atoms with van der Waals surface area (Å²) in [6, 6.07) is 5.18. The molecule has 70 valence electrons. The van der Waals surface area contributed by atoms with Gasteiger partial charge < -0.3 is 9.84 Å². The van der Waals surface area contributed by atoms with Gasteiger partial charge >= 0.3 is 5.97 Å². The third-order valence-corrected chi connectivity index (χ3v) is 1.71. The molecule has 0 aliphatic carbocycles. The molecule has 4 nitrogen and oxygen atoms in total. The molecule has 0 aliphatic heterocycles. The smallest absolute Gasteiger partial charge is 0.317 e. The summed E-state index contributed by atoms with van der Waals surface area (Å²) in [5.74, 6) is -1.15. The summed E-state index contributed by atoms with van der Waals surface area (Å²) in [6.45, 7) is -0.288. The van der Waals surface area contributed by atoms with Crippen molar-refractivity contribution in [1.82, 2.24) is 4.98 Å². The number of aliphatic hydroxyl groups is 1. The molecule has 0 saturated heterocycles. The normalized spacial score (nSPS) is 12.2. The first kappa shape index (κ1) is 9.67. The zero-order valence-electron chi connectivity index (χ0n) is 7.30. The molecule has 1 unspecified atom stereocenters. The maximum atomic E-state index is 11.1. The molecule has 0 fully saturated rings. The van der Waals surface area contributed by atoms with E-state index in [-0.39, 0.29) is 6.61 Å². The van der Waals surface area contributed by atoms with Crippen LogP contribution in [0.4, 0.5) is 0 Å². The van der Waals surface area contributed by atoms with Gasteiger partial charge in [0.25, 0.3) is 0 Å². The van der Waals surface area contributed by atoms with Crippen molar-refractivity contribution in [3.8, 4) is 0 Å². The van der Waals surface area contributed by atoms with Crippen LogP contribution in [-0.2, 0) is 9.53 Å². The first-order valence-corrected chi connectivity index (χ1v) is 3.89. The van der Waals surface area contributed by atoms with E-state index in [1.54, 1.807) is 24.4 Å². The number of aliphatic hydroxyl groups excluding tert-OH is 1. The van der Waals surface area contributed by atoms with Gasteiger partial charge in [0.1, 0.15) is 5.92 Å². The number of pyridine rings is 1. The molecule has 4 heteroatoms. The molecule has 0 bridgehead atoms. The number of nitrogens with zero attached hydrogens (tertiary/aromatic N) is 1. The Labute approximate surface area is 76.2 Å².